The Morgan fingerprint density at radius 1 is 1.24 bits per heavy atom. The first-order valence-electron chi connectivity index (χ1n) is 8.87. The van der Waals surface area contributed by atoms with Gasteiger partial charge < -0.3 is 10.7 Å². The van der Waals surface area contributed by atoms with Gasteiger partial charge in [0.1, 0.15) is 0 Å². The highest BCUT2D eigenvalue weighted by Crippen LogP contribution is 2.27. The van der Waals surface area contributed by atoms with Crippen LogP contribution in [0.25, 0.3) is 11.4 Å². The van der Waals surface area contributed by atoms with Crippen LogP contribution in [0, 0.1) is 11.3 Å². The first-order valence-corrected chi connectivity index (χ1v) is 10.1. The Morgan fingerprint density at radius 2 is 1.93 bits per heavy atom. The summed E-state index contributed by atoms with van der Waals surface area (Å²) < 4.78 is 1.36. The van der Waals surface area contributed by atoms with E-state index in [-0.39, 0.29) is 12.3 Å². The monoisotopic (exact) mass is 426 g/mol. The van der Waals surface area contributed by atoms with E-state index in [9.17, 15) is 4.79 Å². The zero-order chi connectivity index (χ0) is 20.8. The standard InChI is InChI=1S/C20H19ClN6OS/c1-14(19(28)26(13-5-12-22)17-6-3-2-4-7-17)29-20-25-24-18(27(20)23)15-8-10-16(21)11-9-15/h2-4,6-11,14H,5,13,23H2,1H3/t14-/m0/s1. The molecule has 0 radical (unpaired) electrons. The third-order valence-corrected chi connectivity index (χ3v) is 5.47. The van der Waals surface area contributed by atoms with Crippen LogP contribution in [-0.4, -0.2) is 32.6 Å². The van der Waals surface area contributed by atoms with Crippen LogP contribution >= 0.6 is 23.4 Å². The number of aromatic nitrogens is 3. The third-order valence-electron chi connectivity index (χ3n) is 4.18. The molecule has 148 valence electrons. The van der Waals surface area contributed by atoms with Gasteiger partial charge in [-0.3, -0.25) is 4.79 Å². The molecule has 0 aliphatic heterocycles. The molecule has 0 saturated heterocycles. The predicted octanol–water partition coefficient (Wildman–Crippen LogP) is 3.74. The Balaban J connectivity index is 1.78. The second kappa shape index (κ2) is 9.45. The maximum atomic E-state index is 13.1. The molecule has 7 nitrogen and oxygen atoms in total. The van der Waals surface area contributed by atoms with E-state index in [0.29, 0.717) is 22.5 Å². The van der Waals surface area contributed by atoms with Crippen molar-refractivity contribution in [1.29, 1.82) is 5.26 Å². The molecule has 1 aromatic heterocycles. The largest absolute Gasteiger partial charge is 0.335 e. The number of hydrogen-bond donors (Lipinski definition) is 1. The van der Waals surface area contributed by atoms with Gasteiger partial charge in [-0.25, -0.2) is 4.68 Å². The average Bonchev–Trinajstić information content (AvgIpc) is 3.09. The van der Waals surface area contributed by atoms with E-state index in [1.807, 2.05) is 30.3 Å². The SMILES string of the molecule is C[C@H](Sc1nnc(-c2ccc(Cl)cc2)n1N)C(=O)N(CCC#N)c1ccccc1. The van der Waals surface area contributed by atoms with Crippen molar-refractivity contribution in [3.05, 3.63) is 59.6 Å². The van der Waals surface area contributed by atoms with Gasteiger partial charge in [-0.05, 0) is 43.3 Å². The Morgan fingerprint density at radius 3 is 2.59 bits per heavy atom. The smallest absolute Gasteiger partial charge is 0.240 e. The number of benzene rings is 2. The van der Waals surface area contributed by atoms with Crippen molar-refractivity contribution in [3.8, 4) is 17.5 Å². The molecule has 1 amide bonds. The third kappa shape index (κ3) is 4.88. The number of para-hydroxylation sites is 1. The van der Waals surface area contributed by atoms with Gasteiger partial charge in [0.05, 0.1) is 17.7 Å². The zero-order valence-electron chi connectivity index (χ0n) is 15.7. The predicted molar refractivity (Wildman–Crippen MR) is 115 cm³/mol. The number of carbonyl (C=O) groups is 1. The maximum absolute atomic E-state index is 13.1. The van der Waals surface area contributed by atoms with E-state index in [0.717, 1.165) is 11.3 Å². The van der Waals surface area contributed by atoms with Crippen molar-refractivity contribution < 1.29 is 4.79 Å². The van der Waals surface area contributed by atoms with Crippen molar-refractivity contribution in [2.24, 2.45) is 0 Å². The molecule has 0 spiro atoms. The van der Waals surface area contributed by atoms with Crippen LogP contribution in [0.3, 0.4) is 0 Å². The molecular formula is C20H19ClN6OS. The molecule has 9 heteroatoms. The molecule has 3 aromatic rings. The summed E-state index contributed by atoms with van der Waals surface area (Å²) in [6.45, 7) is 2.10. The van der Waals surface area contributed by atoms with Crippen LogP contribution in [0.15, 0.2) is 59.8 Å². The van der Waals surface area contributed by atoms with Gasteiger partial charge in [0.15, 0.2) is 5.82 Å². The molecule has 0 bridgehead atoms. The molecular weight excluding hydrogens is 408 g/mol. The summed E-state index contributed by atoms with van der Waals surface area (Å²) in [5, 5.41) is 17.8. The van der Waals surface area contributed by atoms with Crippen LogP contribution in [0.5, 0.6) is 0 Å². The summed E-state index contributed by atoms with van der Waals surface area (Å²) >= 11 is 7.14. The summed E-state index contributed by atoms with van der Waals surface area (Å²) in [5.41, 5.74) is 1.52. The van der Waals surface area contributed by atoms with Gasteiger partial charge in [-0.15, -0.1) is 10.2 Å². The lowest BCUT2D eigenvalue weighted by Crippen LogP contribution is -2.37. The summed E-state index contributed by atoms with van der Waals surface area (Å²) in [4.78, 5) is 14.7. The number of thioether (sulfide) groups is 1. The average molecular weight is 427 g/mol. The highest BCUT2D eigenvalue weighted by molar-refractivity contribution is 8.00. The number of carbonyl (C=O) groups excluding carboxylic acids is 1. The first-order chi connectivity index (χ1) is 14.0. The Labute approximate surface area is 178 Å². The molecule has 0 aliphatic carbocycles. The van der Waals surface area contributed by atoms with Crippen LogP contribution < -0.4 is 10.7 Å². The summed E-state index contributed by atoms with van der Waals surface area (Å²) in [5.74, 6) is 6.51. The van der Waals surface area contributed by atoms with E-state index in [2.05, 4.69) is 16.3 Å². The van der Waals surface area contributed by atoms with E-state index in [4.69, 9.17) is 22.7 Å². The minimum absolute atomic E-state index is 0.132. The quantitative estimate of drug-likeness (QED) is 0.456. The van der Waals surface area contributed by atoms with Crippen LogP contribution in [0.2, 0.25) is 5.02 Å². The molecule has 1 heterocycles. The Bertz CT molecular complexity index is 1020. The number of halogens is 1. The number of nitrogens with zero attached hydrogens (tertiary/aromatic N) is 5. The number of nitrogen functional groups attached to an aromatic ring is 1. The minimum Gasteiger partial charge on any atom is -0.335 e. The molecule has 0 unspecified atom stereocenters. The fraction of sp³-hybridized carbons (Fsp3) is 0.200. The molecule has 0 aliphatic rings. The van der Waals surface area contributed by atoms with Gasteiger partial charge in [0.25, 0.3) is 0 Å². The number of hydrogen-bond acceptors (Lipinski definition) is 6. The number of rotatable bonds is 7. The fourth-order valence-electron chi connectivity index (χ4n) is 2.72. The number of amides is 1. The van der Waals surface area contributed by atoms with Crippen molar-refractivity contribution in [2.75, 3.05) is 17.3 Å². The second-order valence-corrected chi connectivity index (χ2v) is 7.92. The van der Waals surface area contributed by atoms with Gasteiger partial charge in [0.2, 0.25) is 11.1 Å². The summed E-state index contributed by atoms with van der Waals surface area (Å²) in [6.07, 6.45) is 0.242. The summed E-state index contributed by atoms with van der Waals surface area (Å²) in [7, 11) is 0. The van der Waals surface area contributed by atoms with E-state index in [1.165, 1.54) is 16.4 Å². The molecule has 3 rings (SSSR count). The normalized spacial score (nSPS) is 11.6. The number of nitriles is 1. The molecule has 1 atom stereocenters. The topological polar surface area (TPSA) is 101 Å². The van der Waals surface area contributed by atoms with Crippen molar-refractivity contribution >= 4 is 35.0 Å². The number of nitrogens with two attached hydrogens (primary N) is 1. The zero-order valence-corrected chi connectivity index (χ0v) is 17.3. The fourth-order valence-corrected chi connectivity index (χ4v) is 3.68. The van der Waals surface area contributed by atoms with E-state index >= 15 is 0 Å². The minimum atomic E-state index is -0.474. The summed E-state index contributed by atoms with van der Waals surface area (Å²) in [6, 6.07) is 18.5. The van der Waals surface area contributed by atoms with Crippen molar-refractivity contribution in [2.45, 2.75) is 23.8 Å². The Kier molecular flexibility index (Phi) is 6.75. The lowest BCUT2D eigenvalue weighted by molar-refractivity contribution is -0.117. The number of anilines is 1. The second-order valence-electron chi connectivity index (χ2n) is 6.18. The lowest BCUT2D eigenvalue weighted by Gasteiger charge is -2.24. The van der Waals surface area contributed by atoms with Gasteiger partial charge in [-0.1, -0.05) is 41.6 Å². The van der Waals surface area contributed by atoms with E-state index in [1.54, 1.807) is 36.1 Å². The maximum Gasteiger partial charge on any atom is 0.240 e. The van der Waals surface area contributed by atoms with E-state index < -0.39 is 5.25 Å². The lowest BCUT2D eigenvalue weighted by atomic mass is 10.2. The molecule has 29 heavy (non-hydrogen) atoms. The molecule has 0 fully saturated rings. The van der Waals surface area contributed by atoms with Gasteiger partial charge >= 0.3 is 0 Å². The molecule has 2 aromatic carbocycles. The van der Waals surface area contributed by atoms with Gasteiger partial charge in [0, 0.05) is 22.8 Å². The van der Waals surface area contributed by atoms with Crippen molar-refractivity contribution in [1.82, 2.24) is 14.9 Å². The van der Waals surface area contributed by atoms with Crippen LogP contribution in [-0.2, 0) is 4.79 Å². The first kappa shape index (κ1) is 20.7. The van der Waals surface area contributed by atoms with Gasteiger partial charge in [-0.2, -0.15) is 5.26 Å². The van der Waals surface area contributed by atoms with Crippen LogP contribution in [0.1, 0.15) is 13.3 Å². The van der Waals surface area contributed by atoms with Crippen molar-refractivity contribution in [3.63, 3.8) is 0 Å². The van der Waals surface area contributed by atoms with Crippen LogP contribution in [0.4, 0.5) is 5.69 Å². The Hall–Kier alpha value is -3.02. The molecule has 0 saturated carbocycles. The molecule has 2 N–H and O–H groups in total. The highest BCUT2D eigenvalue weighted by Gasteiger charge is 2.25. The highest BCUT2D eigenvalue weighted by atomic mass is 35.5.